The molecule has 0 saturated heterocycles. The summed E-state index contributed by atoms with van der Waals surface area (Å²) in [6.07, 6.45) is 0.671. The highest BCUT2D eigenvalue weighted by atomic mass is 32.2. The van der Waals surface area contributed by atoms with Gasteiger partial charge in [-0.1, -0.05) is 6.92 Å². The molecule has 0 radical (unpaired) electrons. The van der Waals surface area contributed by atoms with Crippen LogP contribution in [0.2, 0.25) is 0 Å². The van der Waals surface area contributed by atoms with Crippen LogP contribution in [0.15, 0.2) is 23.1 Å². The van der Waals surface area contributed by atoms with Crippen molar-refractivity contribution in [3.05, 3.63) is 23.8 Å². The van der Waals surface area contributed by atoms with Gasteiger partial charge in [-0.05, 0) is 17.9 Å². The van der Waals surface area contributed by atoms with Crippen molar-refractivity contribution in [3.63, 3.8) is 0 Å². The number of aliphatic hydroxyl groups excluding tert-OH is 1. The largest absolute Gasteiger partial charge is 0.463 e. The average Bonchev–Trinajstić information content (AvgIpc) is 2.43. The van der Waals surface area contributed by atoms with Crippen molar-refractivity contribution in [2.45, 2.75) is 18.2 Å². The van der Waals surface area contributed by atoms with Crippen LogP contribution in [-0.4, -0.2) is 28.4 Å². The number of hydrogen-bond acceptors (Lipinski definition) is 1. The number of hydrogen-bond donors (Lipinski definition) is 1. The summed E-state index contributed by atoms with van der Waals surface area (Å²) in [5.41, 5.74) is 2.35. The van der Waals surface area contributed by atoms with Crippen molar-refractivity contribution < 1.29 is 9.68 Å². The van der Waals surface area contributed by atoms with Crippen molar-refractivity contribution in [2.24, 2.45) is 0 Å². The fourth-order valence-electron chi connectivity index (χ4n) is 1.72. The van der Waals surface area contributed by atoms with Crippen LogP contribution in [0.3, 0.4) is 0 Å². The first-order chi connectivity index (χ1) is 6.72. The van der Waals surface area contributed by atoms with Gasteiger partial charge in [0.05, 0.1) is 0 Å². The lowest BCUT2D eigenvalue weighted by molar-refractivity contribution is -0.411. The van der Waals surface area contributed by atoms with E-state index in [-0.39, 0.29) is 0 Å². The molecule has 3 heteroatoms. The highest BCUT2D eigenvalue weighted by molar-refractivity contribution is 7.99. The number of thioether (sulfide) groups is 1. The van der Waals surface area contributed by atoms with Crippen LogP contribution in [0, 0.1) is 0 Å². The van der Waals surface area contributed by atoms with Gasteiger partial charge in [0.2, 0.25) is 5.69 Å². The smallest absolute Gasteiger partial charge is 0.344 e. The Labute approximate surface area is 88.3 Å². The van der Waals surface area contributed by atoms with E-state index in [0.717, 1.165) is 11.4 Å². The Hall–Kier alpha value is -0.960. The second-order valence-electron chi connectivity index (χ2n) is 3.38. The first kappa shape index (κ1) is 9.59. The minimum Gasteiger partial charge on any atom is -0.463 e. The van der Waals surface area contributed by atoms with Gasteiger partial charge in [0.1, 0.15) is 13.5 Å². The summed E-state index contributed by atoms with van der Waals surface area (Å²) in [5, 5.41) is 9.58. The molecular weight excluding hydrogens is 194 g/mol. The quantitative estimate of drug-likeness (QED) is 0.596. The van der Waals surface area contributed by atoms with E-state index >= 15 is 0 Å². The molecule has 0 aromatic heterocycles. The number of nitrogens with zero attached hydrogens (tertiary/aromatic N) is 1. The molecule has 0 atom stereocenters. The third-order valence-electron chi connectivity index (χ3n) is 2.46. The molecule has 2 rings (SSSR count). The molecule has 1 aliphatic rings. The van der Waals surface area contributed by atoms with Crippen LogP contribution in [-0.2, 0) is 6.42 Å². The molecule has 0 amide bonds. The van der Waals surface area contributed by atoms with Gasteiger partial charge in [-0.15, -0.1) is 11.8 Å². The van der Waals surface area contributed by atoms with E-state index < -0.39 is 0 Å². The van der Waals surface area contributed by atoms with Crippen molar-refractivity contribution in [1.29, 1.82) is 0 Å². The number of fused-ring (bicyclic) bond motifs is 1. The lowest BCUT2D eigenvalue weighted by Gasteiger charge is -1.99. The minimum atomic E-state index is 0.443. The van der Waals surface area contributed by atoms with Crippen molar-refractivity contribution in [1.82, 2.24) is 0 Å². The molecule has 1 N–H and O–H groups in total. The lowest BCUT2D eigenvalue weighted by atomic mass is 10.1. The Morgan fingerprint density at radius 1 is 1.50 bits per heavy atom. The zero-order valence-corrected chi connectivity index (χ0v) is 9.27. The van der Waals surface area contributed by atoms with Gasteiger partial charge in [-0.25, -0.2) is 0 Å². The van der Waals surface area contributed by atoms with Crippen LogP contribution in [0.4, 0.5) is 5.69 Å². The van der Waals surface area contributed by atoms with Crippen LogP contribution >= 0.6 is 11.8 Å². The first-order valence-corrected chi connectivity index (χ1v) is 5.75. The van der Waals surface area contributed by atoms with Gasteiger partial charge in [0, 0.05) is 16.5 Å². The number of benzene rings is 1. The molecule has 2 nitrogen and oxygen atoms in total. The second kappa shape index (κ2) is 3.65. The molecule has 0 saturated carbocycles. The van der Waals surface area contributed by atoms with E-state index in [9.17, 15) is 5.11 Å². The van der Waals surface area contributed by atoms with E-state index in [1.165, 1.54) is 10.5 Å². The van der Waals surface area contributed by atoms with Crippen LogP contribution in [0.5, 0.6) is 0 Å². The summed E-state index contributed by atoms with van der Waals surface area (Å²) >= 11 is 1.83. The highest BCUT2D eigenvalue weighted by Gasteiger charge is 2.26. The molecule has 1 aromatic rings. The Kier molecular flexibility index (Phi) is 2.50. The normalized spacial score (nSPS) is 14.7. The Morgan fingerprint density at radius 2 is 2.29 bits per heavy atom. The molecular formula is C11H14NOS+. The van der Waals surface area contributed by atoms with Gasteiger partial charge in [0.15, 0.2) is 0 Å². The molecule has 0 unspecified atom stereocenters. The monoisotopic (exact) mass is 208 g/mol. The molecule has 0 bridgehead atoms. The zero-order valence-electron chi connectivity index (χ0n) is 8.45. The van der Waals surface area contributed by atoms with Crippen LogP contribution in [0.1, 0.15) is 12.5 Å². The Bertz CT molecular complexity index is 398. The molecule has 1 aromatic carbocycles. The maximum absolute atomic E-state index is 9.58. The Balaban J connectivity index is 2.35. The van der Waals surface area contributed by atoms with Crippen molar-refractivity contribution >= 4 is 23.3 Å². The standard InChI is InChI=1S/C11H13NOS/c1-3-14-9-4-5-10-8(6-9)7-11(13)12(10)2/h4-6H,3,7H2,1-2H3/p+1. The summed E-state index contributed by atoms with van der Waals surface area (Å²) in [7, 11) is 1.90. The summed E-state index contributed by atoms with van der Waals surface area (Å²) in [4.78, 5) is 1.29. The summed E-state index contributed by atoms with van der Waals surface area (Å²) in [6.45, 7) is 2.15. The van der Waals surface area contributed by atoms with E-state index in [2.05, 4.69) is 25.1 Å². The van der Waals surface area contributed by atoms with Crippen LogP contribution < -0.4 is 0 Å². The summed E-state index contributed by atoms with van der Waals surface area (Å²) in [6, 6.07) is 6.36. The maximum Gasteiger partial charge on any atom is 0.344 e. The molecule has 0 aliphatic carbocycles. The second-order valence-corrected chi connectivity index (χ2v) is 4.71. The fraction of sp³-hybridized carbons (Fsp3) is 0.364. The van der Waals surface area contributed by atoms with E-state index in [4.69, 9.17) is 0 Å². The van der Waals surface area contributed by atoms with Gasteiger partial charge < -0.3 is 5.11 Å². The van der Waals surface area contributed by atoms with E-state index in [1.54, 1.807) is 0 Å². The molecule has 0 spiro atoms. The topological polar surface area (TPSA) is 23.2 Å². The van der Waals surface area contributed by atoms with E-state index in [0.29, 0.717) is 12.3 Å². The zero-order chi connectivity index (χ0) is 10.1. The lowest BCUT2D eigenvalue weighted by Crippen LogP contribution is -2.06. The van der Waals surface area contributed by atoms with Gasteiger partial charge in [-0.3, -0.25) is 0 Å². The molecule has 14 heavy (non-hydrogen) atoms. The van der Waals surface area contributed by atoms with Gasteiger partial charge in [0.25, 0.3) is 0 Å². The average molecular weight is 208 g/mol. The molecule has 1 heterocycles. The predicted octanol–water partition coefficient (Wildman–Crippen LogP) is 2.58. The van der Waals surface area contributed by atoms with Crippen LogP contribution in [0.25, 0.3) is 0 Å². The molecule has 1 aliphatic heterocycles. The van der Waals surface area contributed by atoms with E-state index in [1.807, 2.05) is 23.4 Å². The number of rotatable bonds is 2. The highest BCUT2D eigenvalue weighted by Crippen LogP contribution is 2.29. The SMILES string of the molecule is CCSc1ccc2c(c1)CC(O)=[N+]2C. The minimum absolute atomic E-state index is 0.443. The third-order valence-corrected chi connectivity index (χ3v) is 3.33. The maximum atomic E-state index is 9.58. The predicted molar refractivity (Wildman–Crippen MR) is 60.0 cm³/mol. The number of aliphatic hydroxyl groups is 1. The fourth-order valence-corrected chi connectivity index (χ4v) is 2.44. The third kappa shape index (κ3) is 1.52. The summed E-state index contributed by atoms with van der Waals surface area (Å²) < 4.78 is 1.84. The van der Waals surface area contributed by atoms with Crippen molar-refractivity contribution in [2.75, 3.05) is 12.8 Å². The van der Waals surface area contributed by atoms with Crippen molar-refractivity contribution in [3.8, 4) is 0 Å². The van der Waals surface area contributed by atoms with Gasteiger partial charge >= 0.3 is 5.90 Å². The first-order valence-electron chi connectivity index (χ1n) is 4.76. The van der Waals surface area contributed by atoms with Gasteiger partial charge in [-0.2, -0.15) is 4.58 Å². The summed E-state index contributed by atoms with van der Waals surface area (Å²) in [5.74, 6) is 1.53. The molecule has 74 valence electrons. The Morgan fingerprint density at radius 3 is 3.00 bits per heavy atom. The molecule has 0 fully saturated rings.